The molecule has 0 amide bonds. The molecule has 0 unspecified atom stereocenters. The highest BCUT2D eigenvalue weighted by atomic mass is 16.3. The number of fused-ring (bicyclic) bond motifs is 6. The van der Waals surface area contributed by atoms with Crippen LogP contribution in [0.3, 0.4) is 0 Å². The second-order valence-electron chi connectivity index (χ2n) is 11.5. The van der Waals surface area contributed by atoms with E-state index in [9.17, 15) is 0 Å². The van der Waals surface area contributed by atoms with Gasteiger partial charge in [0.1, 0.15) is 11.2 Å². The molecule has 2 heterocycles. The van der Waals surface area contributed by atoms with E-state index in [4.69, 9.17) is 4.42 Å². The van der Waals surface area contributed by atoms with Crippen molar-refractivity contribution in [1.82, 2.24) is 4.57 Å². The molecule has 0 saturated heterocycles. The van der Waals surface area contributed by atoms with Crippen LogP contribution in [-0.2, 0) is 10.8 Å². The molecule has 34 heavy (non-hydrogen) atoms. The summed E-state index contributed by atoms with van der Waals surface area (Å²) in [6, 6.07) is 28.6. The van der Waals surface area contributed by atoms with Crippen LogP contribution in [-0.4, -0.2) is 4.57 Å². The number of aromatic nitrogens is 1. The SMILES string of the molecule is CC(C)(C)c1cccc2c1oc1c(C(C)(C)C)cc(-n3c4ccccc4c4ccccc43)cc12. The molecule has 0 N–H and O–H groups in total. The third-order valence-electron chi connectivity index (χ3n) is 7.04. The number of hydrogen-bond acceptors (Lipinski definition) is 1. The van der Waals surface area contributed by atoms with Gasteiger partial charge in [-0.25, -0.2) is 0 Å². The second-order valence-corrected chi connectivity index (χ2v) is 11.5. The lowest BCUT2D eigenvalue weighted by atomic mass is 9.84. The molecule has 0 spiro atoms. The molecule has 0 saturated carbocycles. The Morgan fingerprint density at radius 1 is 0.529 bits per heavy atom. The highest BCUT2D eigenvalue weighted by molar-refractivity contribution is 6.11. The van der Waals surface area contributed by atoms with Crippen molar-refractivity contribution in [3.05, 3.63) is 90.0 Å². The summed E-state index contributed by atoms with van der Waals surface area (Å²) in [5, 5.41) is 4.94. The van der Waals surface area contributed by atoms with Crippen LogP contribution in [0.1, 0.15) is 52.7 Å². The van der Waals surface area contributed by atoms with Crippen LogP contribution >= 0.6 is 0 Å². The van der Waals surface area contributed by atoms with Crippen LogP contribution in [0.4, 0.5) is 0 Å². The molecule has 2 aromatic heterocycles. The molecule has 2 nitrogen and oxygen atoms in total. The Balaban J connectivity index is 1.79. The van der Waals surface area contributed by atoms with Gasteiger partial charge in [-0.1, -0.05) is 96.1 Å². The summed E-state index contributed by atoms with van der Waals surface area (Å²) < 4.78 is 9.11. The van der Waals surface area contributed by atoms with Gasteiger partial charge in [0, 0.05) is 38.4 Å². The average Bonchev–Trinajstić information content (AvgIpc) is 3.32. The van der Waals surface area contributed by atoms with Crippen LogP contribution in [0.15, 0.2) is 83.3 Å². The van der Waals surface area contributed by atoms with Gasteiger partial charge in [0.05, 0.1) is 11.0 Å². The van der Waals surface area contributed by atoms with Crippen molar-refractivity contribution in [2.45, 2.75) is 52.4 Å². The Bertz CT molecular complexity index is 1660. The minimum Gasteiger partial charge on any atom is -0.455 e. The van der Waals surface area contributed by atoms with E-state index in [2.05, 4.69) is 125 Å². The van der Waals surface area contributed by atoms with Crippen LogP contribution in [0.5, 0.6) is 0 Å². The summed E-state index contributed by atoms with van der Waals surface area (Å²) in [6.45, 7) is 13.6. The van der Waals surface area contributed by atoms with E-state index in [1.54, 1.807) is 0 Å². The third kappa shape index (κ3) is 3.01. The smallest absolute Gasteiger partial charge is 0.139 e. The van der Waals surface area contributed by atoms with Crippen molar-refractivity contribution in [2.75, 3.05) is 0 Å². The number of hydrogen-bond donors (Lipinski definition) is 0. The summed E-state index contributed by atoms with van der Waals surface area (Å²) in [5.41, 5.74) is 8.07. The zero-order chi connectivity index (χ0) is 23.8. The number of para-hydroxylation sites is 3. The van der Waals surface area contributed by atoms with Gasteiger partial charge in [0.15, 0.2) is 0 Å². The fourth-order valence-corrected chi connectivity index (χ4v) is 5.36. The van der Waals surface area contributed by atoms with Crippen molar-refractivity contribution in [2.24, 2.45) is 0 Å². The van der Waals surface area contributed by atoms with Gasteiger partial charge >= 0.3 is 0 Å². The minimum atomic E-state index is -0.0667. The van der Waals surface area contributed by atoms with Crippen molar-refractivity contribution >= 4 is 43.7 Å². The first-order chi connectivity index (χ1) is 16.1. The van der Waals surface area contributed by atoms with Crippen LogP contribution in [0.25, 0.3) is 49.4 Å². The van der Waals surface area contributed by atoms with Gasteiger partial charge in [0.2, 0.25) is 0 Å². The molecule has 4 aromatic carbocycles. The van der Waals surface area contributed by atoms with E-state index >= 15 is 0 Å². The molecule has 0 fully saturated rings. The molecule has 0 aliphatic rings. The number of furan rings is 1. The third-order valence-corrected chi connectivity index (χ3v) is 7.04. The first-order valence-electron chi connectivity index (χ1n) is 12.1. The summed E-state index contributed by atoms with van der Waals surface area (Å²) >= 11 is 0. The zero-order valence-corrected chi connectivity index (χ0v) is 20.9. The lowest BCUT2D eigenvalue weighted by molar-refractivity contribution is 0.556. The first-order valence-corrected chi connectivity index (χ1v) is 12.1. The van der Waals surface area contributed by atoms with Gasteiger partial charge in [-0.15, -0.1) is 0 Å². The zero-order valence-electron chi connectivity index (χ0n) is 20.9. The van der Waals surface area contributed by atoms with E-state index in [0.717, 1.165) is 11.2 Å². The van der Waals surface area contributed by atoms with Crippen LogP contribution in [0, 0.1) is 0 Å². The quantitative estimate of drug-likeness (QED) is 0.247. The Hall–Kier alpha value is -3.52. The molecular weight excluding hydrogens is 414 g/mol. The van der Waals surface area contributed by atoms with Gasteiger partial charge in [0.25, 0.3) is 0 Å². The molecule has 0 aliphatic heterocycles. The van der Waals surface area contributed by atoms with Gasteiger partial charge in [-0.05, 0) is 35.1 Å². The standard InChI is InChI=1S/C32H31NO/c1-31(2,3)25-15-11-14-23-24-18-20(19-26(32(4,5)6)30(24)34-29(23)25)33-27-16-9-7-12-21(27)22-13-8-10-17-28(22)33/h7-19H,1-6H3. The molecule has 6 rings (SSSR count). The Labute approximate surface area is 200 Å². The summed E-state index contributed by atoms with van der Waals surface area (Å²) in [7, 11) is 0. The largest absolute Gasteiger partial charge is 0.455 e. The van der Waals surface area contributed by atoms with Gasteiger partial charge in [-0.3, -0.25) is 0 Å². The Morgan fingerprint density at radius 2 is 1.06 bits per heavy atom. The predicted octanol–water partition coefficient (Wildman–Crippen LogP) is 9.28. The van der Waals surface area contributed by atoms with E-state index in [0.29, 0.717) is 0 Å². The first kappa shape index (κ1) is 21.0. The van der Waals surface area contributed by atoms with Crippen LogP contribution in [0.2, 0.25) is 0 Å². The number of nitrogens with zero attached hydrogens (tertiary/aromatic N) is 1. The lowest BCUT2D eigenvalue weighted by Gasteiger charge is -2.21. The van der Waals surface area contributed by atoms with E-state index < -0.39 is 0 Å². The van der Waals surface area contributed by atoms with Crippen molar-refractivity contribution in [3.8, 4) is 5.69 Å². The molecular formula is C32H31NO. The number of benzene rings is 4. The van der Waals surface area contributed by atoms with Crippen LogP contribution < -0.4 is 0 Å². The van der Waals surface area contributed by atoms with Gasteiger partial charge < -0.3 is 8.98 Å². The average molecular weight is 446 g/mol. The second kappa shape index (κ2) is 6.99. The Morgan fingerprint density at radius 3 is 1.65 bits per heavy atom. The van der Waals surface area contributed by atoms with E-state index in [-0.39, 0.29) is 10.8 Å². The maximum absolute atomic E-state index is 6.71. The van der Waals surface area contributed by atoms with Crippen molar-refractivity contribution < 1.29 is 4.42 Å². The predicted molar refractivity (Wildman–Crippen MR) is 145 cm³/mol. The maximum atomic E-state index is 6.71. The lowest BCUT2D eigenvalue weighted by Crippen LogP contribution is -2.12. The topological polar surface area (TPSA) is 18.1 Å². The molecule has 170 valence electrons. The van der Waals surface area contributed by atoms with Crippen molar-refractivity contribution in [1.29, 1.82) is 0 Å². The fraction of sp³-hybridized carbons (Fsp3) is 0.250. The van der Waals surface area contributed by atoms with E-state index in [1.807, 2.05) is 0 Å². The monoisotopic (exact) mass is 445 g/mol. The Kier molecular flexibility index (Phi) is 4.33. The van der Waals surface area contributed by atoms with Gasteiger partial charge in [-0.2, -0.15) is 0 Å². The highest BCUT2D eigenvalue weighted by Gasteiger charge is 2.26. The van der Waals surface area contributed by atoms with Crippen molar-refractivity contribution in [3.63, 3.8) is 0 Å². The highest BCUT2D eigenvalue weighted by Crippen LogP contribution is 2.42. The molecule has 2 heteroatoms. The molecule has 0 bridgehead atoms. The molecule has 0 atom stereocenters. The normalized spacial score (nSPS) is 13.0. The number of rotatable bonds is 1. The fourth-order valence-electron chi connectivity index (χ4n) is 5.36. The van der Waals surface area contributed by atoms with E-state index in [1.165, 1.54) is 49.4 Å². The summed E-state index contributed by atoms with van der Waals surface area (Å²) in [4.78, 5) is 0. The molecule has 0 aliphatic carbocycles. The summed E-state index contributed by atoms with van der Waals surface area (Å²) in [5.74, 6) is 0. The molecule has 6 aromatic rings. The maximum Gasteiger partial charge on any atom is 0.139 e. The minimum absolute atomic E-state index is 0.00491. The molecule has 0 radical (unpaired) electrons. The summed E-state index contributed by atoms with van der Waals surface area (Å²) in [6.07, 6.45) is 0.